The number of para-hydroxylation sites is 1. The van der Waals surface area contributed by atoms with Crippen LogP contribution < -0.4 is 0 Å². The Hall–Kier alpha value is -1.46. The summed E-state index contributed by atoms with van der Waals surface area (Å²) in [6.07, 6.45) is -0.654. The number of H-pyrrole nitrogens is 1. The Kier molecular flexibility index (Phi) is 2.66. The molecule has 1 unspecified atom stereocenters. The van der Waals surface area contributed by atoms with Crippen molar-refractivity contribution in [2.24, 2.45) is 0 Å². The molecule has 0 aliphatic heterocycles. The highest BCUT2D eigenvalue weighted by molar-refractivity contribution is 7.71. The summed E-state index contributed by atoms with van der Waals surface area (Å²) in [5, 5.41) is 16.2. The molecule has 0 saturated heterocycles. The summed E-state index contributed by atoms with van der Waals surface area (Å²) in [6, 6.07) is 9.58. The SMILES string of the molecule is CC(O)c1n[nH]c(=S)n1-c1ccccc1. The predicted molar refractivity (Wildman–Crippen MR) is 59.4 cm³/mol. The van der Waals surface area contributed by atoms with Crippen molar-refractivity contribution >= 4 is 12.2 Å². The maximum absolute atomic E-state index is 9.53. The summed E-state index contributed by atoms with van der Waals surface area (Å²) in [6.45, 7) is 1.66. The molecule has 0 aliphatic rings. The number of rotatable bonds is 2. The first-order valence-electron chi connectivity index (χ1n) is 4.61. The number of benzene rings is 1. The topological polar surface area (TPSA) is 53.8 Å². The number of aromatic nitrogens is 3. The molecule has 2 aromatic rings. The van der Waals surface area contributed by atoms with E-state index >= 15 is 0 Å². The van der Waals surface area contributed by atoms with Crippen molar-refractivity contribution in [1.29, 1.82) is 0 Å². The van der Waals surface area contributed by atoms with Crippen LogP contribution in [0.3, 0.4) is 0 Å². The van der Waals surface area contributed by atoms with E-state index in [1.807, 2.05) is 30.3 Å². The lowest BCUT2D eigenvalue weighted by molar-refractivity contribution is 0.186. The Morgan fingerprint density at radius 2 is 2.07 bits per heavy atom. The van der Waals surface area contributed by atoms with Crippen molar-refractivity contribution in [2.75, 3.05) is 0 Å². The summed E-state index contributed by atoms with van der Waals surface area (Å²) in [4.78, 5) is 0. The van der Waals surface area contributed by atoms with Crippen LogP contribution in [0, 0.1) is 4.77 Å². The highest BCUT2D eigenvalue weighted by atomic mass is 32.1. The molecule has 0 radical (unpaired) electrons. The monoisotopic (exact) mass is 221 g/mol. The Morgan fingerprint density at radius 1 is 1.40 bits per heavy atom. The number of nitrogens with one attached hydrogen (secondary N) is 1. The minimum Gasteiger partial charge on any atom is -0.385 e. The highest BCUT2D eigenvalue weighted by Gasteiger charge is 2.12. The van der Waals surface area contributed by atoms with Gasteiger partial charge >= 0.3 is 0 Å². The summed E-state index contributed by atoms with van der Waals surface area (Å²) in [5.41, 5.74) is 0.896. The number of aliphatic hydroxyl groups is 1. The first-order valence-corrected chi connectivity index (χ1v) is 5.02. The van der Waals surface area contributed by atoms with E-state index in [0.717, 1.165) is 5.69 Å². The first-order chi connectivity index (χ1) is 7.20. The summed E-state index contributed by atoms with van der Waals surface area (Å²) >= 11 is 5.11. The molecule has 0 fully saturated rings. The molecule has 2 rings (SSSR count). The van der Waals surface area contributed by atoms with Crippen LogP contribution in [0.15, 0.2) is 30.3 Å². The van der Waals surface area contributed by atoms with Gasteiger partial charge < -0.3 is 5.11 Å². The average Bonchev–Trinajstić information content (AvgIpc) is 2.61. The maximum Gasteiger partial charge on any atom is 0.199 e. The third kappa shape index (κ3) is 1.84. The number of aromatic amines is 1. The van der Waals surface area contributed by atoms with E-state index in [-0.39, 0.29) is 0 Å². The van der Waals surface area contributed by atoms with E-state index in [4.69, 9.17) is 12.2 Å². The van der Waals surface area contributed by atoms with Gasteiger partial charge in [0, 0.05) is 5.69 Å². The average molecular weight is 221 g/mol. The molecule has 5 heteroatoms. The van der Waals surface area contributed by atoms with Crippen LogP contribution in [0.5, 0.6) is 0 Å². The van der Waals surface area contributed by atoms with Gasteiger partial charge in [0.05, 0.1) is 0 Å². The molecule has 2 N–H and O–H groups in total. The van der Waals surface area contributed by atoms with Gasteiger partial charge in [0.15, 0.2) is 10.6 Å². The zero-order valence-corrected chi connectivity index (χ0v) is 9.03. The second-order valence-corrected chi connectivity index (χ2v) is 3.62. The summed E-state index contributed by atoms with van der Waals surface area (Å²) < 4.78 is 2.21. The minimum atomic E-state index is -0.654. The number of hydrogen-bond acceptors (Lipinski definition) is 3. The van der Waals surface area contributed by atoms with Crippen LogP contribution in [0.2, 0.25) is 0 Å². The lowest BCUT2D eigenvalue weighted by Crippen LogP contribution is -2.04. The van der Waals surface area contributed by atoms with E-state index in [2.05, 4.69) is 10.2 Å². The molecule has 1 heterocycles. The molecule has 15 heavy (non-hydrogen) atoms. The van der Waals surface area contributed by atoms with E-state index in [0.29, 0.717) is 10.6 Å². The summed E-state index contributed by atoms with van der Waals surface area (Å²) in [7, 11) is 0. The van der Waals surface area contributed by atoms with Gasteiger partial charge in [-0.2, -0.15) is 5.10 Å². The van der Waals surface area contributed by atoms with Crippen LogP contribution in [0.1, 0.15) is 18.9 Å². The fourth-order valence-electron chi connectivity index (χ4n) is 1.42. The molecule has 78 valence electrons. The third-order valence-corrected chi connectivity index (χ3v) is 2.36. The largest absolute Gasteiger partial charge is 0.385 e. The molecule has 1 atom stereocenters. The molecule has 0 bridgehead atoms. The lowest BCUT2D eigenvalue weighted by atomic mass is 10.3. The smallest absolute Gasteiger partial charge is 0.199 e. The zero-order valence-electron chi connectivity index (χ0n) is 8.21. The second-order valence-electron chi connectivity index (χ2n) is 3.23. The van der Waals surface area contributed by atoms with Crippen molar-refractivity contribution < 1.29 is 5.11 Å². The number of aliphatic hydroxyl groups excluding tert-OH is 1. The minimum absolute atomic E-state index is 0.483. The quantitative estimate of drug-likeness (QED) is 0.762. The van der Waals surface area contributed by atoms with E-state index < -0.39 is 6.10 Å². The molecule has 0 saturated carbocycles. The molecule has 0 amide bonds. The van der Waals surface area contributed by atoms with Gasteiger partial charge in [-0.25, -0.2) is 0 Å². The number of hydrogen-bond donors (Lipinski definition) is 2. The predicted octanol–water partition coefficient (Wildman–Crippen LogP) is 1.98. The molecule has 4 nitrogen and oxygen atoms in total. The van der Waals surface area contributed by atoms with Crippen LogP contribution in [0.25, 0.3) is 5.69 Å². The molecular weight excluding hydrogens is 210 g/mol. The summed E-state index contributed by atoms with van der Waals surface area (Å²) in [5.74, 6) is 0.520. The molecule has 1 aromatic heterocycles. The second kappa shape index (κ2) is 3.96. The fraction of sp³-hybridized carbons (Fsp3) is 0.200. The van der Waals surface area contributed by atoms with Crippen molar-refractivity contribution in [3.63, 3.8) is 0 Å². The van der Waals surface area contributed by atoms with Crippen molar-refractivity contribution in [3.05, 3.63) is 40.9 Å². The van der Waals surface area contributed by atoms with Gasteiger partial charge in [-0.05, 0) is 31.3 Å². The Labute approximate surface area is 92.2 Å². The van der Waals surface area contributed by atoms with Crippen molar-refractivity contribution in [1.82, 2.24) is 14.8 Å². The first kappa shape index (κ1) is 10.1. The molecule has 0 aliphatic carbocycles. The van der Waals surface area contributed by atoms with Gasteiger partial charge in [0.25, 0.3) is 0 Å². The van der Waals surface area contributed by atoms with Crippen LogP contribution >= 0.6 is 12.2 Å². The van der Waals surface area contributed by atoms with Gasteiger partial charge in [-0.3, -0.25) is 9.67 Å². The molecule has 0 spiro atoms. The normalized spacial score (nSPS) is 12.7. The van der Waals surface area contributed by atoms with Crippen molar-refractivity contribution in [3.8, 4) is 5.69 Å². The van der Waals surface area contributed by atoms with Crippen LogP contribution in [0.4, 0.5) is 0 Å². The fourth-order valence-corrected chi connectivity index (χ4v) is 1.66. The maximum atomic E-state index is 9.53. The van der Waals surface area contributed by atoms with E-state index in [9.17, 15) is 5.11 Å². The van der Waals surface area contributed by atoms with Crippen LogP contribution in [-0.4, -0.2) is 19.9 Å². The highest BCUT2D eigenvalue weighted by Crippen LogP contribution is 2.15. The number of nitrogens with zero attached hydrogens (tertiary/aromatic N) is 2. The van der Waals surface area contributed by atoms with Gasteiger partial charge in [-0.15, -0.1) is 0 Å². The standard InChI is InChI=1S/C10H11N3OS/c1-7(14)9-11-12-10(15)13(9)8-5-3-2-4-6-8/h2-7,14H,1H3,(H,12,15). The third-order valence-electron chi connectivity index (χ3n) is 2.09. The van der Waals surface area contributed by atoms with Crippen LogP contribution in [-0.2, 0) is 0 Å². The van der Waals surface area contributed by atoms with Gasteiger partial charge in [0.1, 0.15) is 6.10 Å². The Balaban J connectivity index is 2.62. The van der Waals surface area contributed by atoms with E-state index in [1.54, 1.807) is 11.5 Å². The lowest BCUT2D eigenvalue weighted by Gasteiger charge is -2.07. The van der Waals surface area contributed by atoms with Crippen molar-refractivity contribution in [2.45, 2.75) is 13.0 Å². The van der Waals surface area contributed by atoms with Gasteiger partial charge in [0.2, 0.25) is 0 Å². The Morgan fingerprint density at radius 3 is 2.67 bits per heavy atom. The molecular formula is C10H11N3OS. The molecule has 1 aromatic carbocycles. The van der Waals surface area contributed by atoms with E-state index in [1.165, 1.54) is 0 Å². The zero-order chi connectivity index (χ0) is 10.8. The van der Waals surface area contributed by atoms with Gasteiger partial charge in [-0.1, -0.05) is 18.2 Å². The Bertz CT molecular complexity index is 501.